The summed E-state index contributed by atoms with van der Waals surface area (Å²) in [6, 6.07) is 0. The number of rotatable bonds is 3. The maximum atomic E-state index is 12.5. The van der Waals surface area contributed by atoms with Crippen molar-refractivity contribution in [2.45, 2.75) is 13.0 Å². The maximum Gasteiger partial charge on any atom is 0.339 e. The van der Waals surface area contributed by atoms with Gasteiger partial charge in [0.2, 0.25) is 0 Å². The Balaban J connectivity index is 3.35. The number of methoxy groups -OCH3 is 1. The van der Waals surface area contributed by atoms with Gasteiger partial charge in [0.15, 0.2) is 0 Å². The molecule has 0 bridgehead atoms. The number of nitrogens with two attached hydrogens (primary N) is 1. The molecule has 88 valence electrons. The highest BCUT2D eigenvalue weighted by atomic mass is 79.9. The van der Waals surface area contributed by atoms with Crippen LogP contribution >= 0.6 is 15.9 Å². The van der Waals surface area contributed by atoms with Crippen LogP contribution in [0.1, 0.15) is 28.0 Å². The summed E-state index contributed by atoms with van der Waals surface area (Å²) >= 11 is 2.96. The van der Waals surface area contributed by atoms with Crippen molar-refractivity contribution >= 4 is 21.9 Å². The average Bonchev–Trinajstić information content (AvgIpc) is 2.26. The largest absolute Gasteiger partial charge is 0.465 e. The molecular weight excluding hydrogens is 286 g/mol. The van der Waals surface area contributed by atoms with Gasteiger partial charge in [-0.25, -0.2) is 13.6 Å². The number of hydrogen-bond acceptors (Lipinski definition) is 4. The Morgan fingerprint density at radius 3 is 2.75 bits per heavy atom. The van der Waals surface area contributed by atoms with Crippen molar-refractivity contribution in [2.24, 2.45) is 5.73 Å². The molecule has 0 aliphatic carbocycles. The number of halogens is 3. The van der Waals surface area contributed by atoms with Crippen LogP contribution in [-0.4, -0.2) is 18.1 Å². The van der Waals surface area contributed by atoms with Crippen LogP contribution in [-0.2, 0) is 11.3 Å². The fourth-order valence-electron chi connectivity index (χ4n) is 1.18. The molecule has 0 atom stereocenters. The molecule has 1 aromatic heterocycles. The molecule has 0 aliphatic heterocycles. The number of nitrogens with zero attached hydrogens (tertiary/aromatic N) is 1. The van der Waals surface area contributed by atoms with Gasteiger partial charge in [0.1, 0.15) is 5.69 Å². The summed E-state index contributed by atoms with van der Waals surface area (Å²) in [5.41, 5.74) is 5.31. The van der Waals surface area contributed by atoms with E-state index in [0.717, 1.165) is 6.20 Å². The summed E-state index contributed by atoms with van der Waals surface area (Å²) in [5, 5.41) is 0. The first-order valence-electron chi connectivity index (χ1n) is 4.26. The lowest BCUT2D eigenvalue weighted by molar-refractivity contribution is 0.0598. The smallest absolute Gasteiger partial charge is 0.339 e. The van der Waals surface area contributed by atoms with Crippen LogP contribution in [0.2, 0.25) is 0 Å². The van der Waals surface area contributed by atoms with E-state index in [4.69, 9.17) is 5.73 Å². The molecule has 0 spiro atoms. The Kier molecular flexibility index (Phi) is 4.31. The van der Waals surface area contributed by atoms with Crippen LogP contribution in [0.25, 0.3) is 0 Å². The van der Waals surface area contributed by atoms with E-state index < -0.39 is 18.1 Å². The van der Waals surface area contributed by atoms with Gasteiger partial charge >= 0.3 is 5.97 Å². The van der Waals surface area contributed by atoms with E-state index in [2.05, 4.69) is 25.7 Å². The van der Waals surface area contributed by atoms with Crippen LogP contribution in [0.5, 0.6) is 0 Å². The number of esters is 1. The predicted octanol–water partition coefficient (Wildman–Crippen LogP) is 2.03. The molecule has 1 rings (SSSR count). The molecule has 0 radical (unpaired) electrons. The van der Waals surface area contributed by atoms with Gasteiger partial charge in [-0.3, -0.25) is 4.98 Å². The molecule has 0 saturated heterocycles. The van der Waals surface area contributed by atoms with E-state index in [1.54, 1.807) is 0 Å². The van der Waals surface area contributed by atoms with E-state index in [1.165, 1.54) is 7.11 Å². The summed E-state index contributed by atoms with van der Waals surface area (Å²) in [4.78, 5) is 14.8. The van der Waals surface area contributed by atoms with Crippen molar-refractivity contribution in [1.29, 1.82) is 0 Å². The SMILES string of the molecule is COC(=O)c1cnc(C(F)F)c(Br)c1CN. The van der Waals surface area contributed by atoms with E-state index in [0.29, 0.717) is 0 Å². The third kappa shape index (κ3) is 2.35. The molecule has 0 amide bonds. The maximum absolute atomic E-state index is 12.5. The van der Waals surface area contributed by atoms with Gasteiger partial charge < -0.3 is 10.5 Å². The summed E-state index contributed by atoms with van der Waals surface area (Å²) in [6.45, 7) is -0.0622. The second-order valence-electron chi connectivity index (χ2n) is 2.85. The zero-order chi connectivity index (χ0) is 12.3. The second kappa shape index (κ2) is 5.31. The van der Waals surface area contributed by atoms with E-state index in [1.807, 2.05) is 0 Å². The normalized spacial score (nSPS) is 10.6. The number of alkyl halides is 2. The minimum Gasteiger partial charge on any atom is -0.465 e. The molecule has 0 fully saturated rings. The summed E-state index contributed by atoms with van der Waals surface area (Å²) in [5.74, 6) is -0.658. The van der Waals surface area contributed by atoms with Crippen LogP contribution in [0, 0.1) is 0 Å². The molecule has 0 aromatic carbocycles. The van der Waals surface area contributed by atoms with Crippen molar-refractivity contribution in [1.82, 2.24) is 4.98 Å². The van der Waals surface area contributed by atoms with E-state index >= 15 is 0 Å². The minimum atomic E-state index is -2.73. The monoisotopic (exact) mass is 294 g/mol. The van der Waals surface area contributed by atoms with Gasteiger partial charge in [0, 0.05) is 12.7 Å². The lowest BCUT2D eigenvalue weighted by atomic mass is 10.1. The highest BCUT2D eigenvalue weighted by molar-refractivity contribution is 9.10. The lowest BCUT2D eigenvalue weighted by Crippen LogP contribution is -2.12. The quantitative estimate of drug-likeness (QED) is 0.866. The molecule has 4 nitrogen and oxygen atoms in total. The molecule has 2 N–H and O–H groups in total. The molecule has 16 heavy (non-hydrogen) atoms. The third-order valence-electron chi connectivity index (χ3n) is 1.96. The Labute approximate surface area is 98.9 Å². The Bertz CT molecular complexity index is 413. The summed E-state index contributed by atoms with van der Waals surface area (Å²) in [6.07, 6.45) is -1.69. The Hall–Kier alpha value is -1.08. The molecule has 0 saturated carbocycles. The van der Waals surface area contributed by atoms with E-state index in [9.17, 15) is 13.6 Å². The van der Waals surface area contributed by atoms with Crippen molar-refractivity contribution in [3.8, 4) is 0 Å². The van der Waals surface area contributed by atoms with E-state index in [-0.39, 0.29) is 22.1 Å². The van der Waals surface area contributed by atoms with Gasteiger partial charge in [-0.15, -0.1) is 0 Å². The topological polar surface area (TPSA) is 65.2 Å². The number of aromatic nitrogens is 1. The van der Waals surface area contributed by atoms with Crippen molar-refractivity contribution in [3.63, 3.8) is 0 Å². The molecule has 1 aromatic rings. The van der Waals surface area contributed by atoms with Crippen LogP contribution in [0.3, 0.4) is 0 Å². The van der Waals surface area contributed by atoms with Gasteiger partial charge in [0.25, 0.3) is 6.43 Å². The number of pyridine rings is 1. The minimum absolute atomic E-state index is 0.0490. The summed E-state index contributed by atoms with van der Waals surface area (Å²) < 4.78 is 29.6. The first-order valence-corrected chi connectivity index (χ1v) is 5.06. The highest BCUT2D eigenvalue weighted by Crippen LogP contribution is 2.30. The number of carbonyl (C=O) groups is 1. The van der Waals surface area contributed by atoms with Crippen LogP contribution in [0.15, 0.2) is 10.7 Å². The number of carbonyl (C=O) groups excluding carboxylic acids is 1. The summed E-state index contributed by atoms with van der Waals surface area (Å²) in [7, 11) is 1.19. The predicted molar refractivity (Wildman–Crippen MR) is 56.1 cm³/mol. The van der Waals surface area contributed by atoms with Gasteiger partial charge in [-0.05, 0) is 21.5 Å². The van der Waals surface area contributed by atoms with Crippen LogP contribution < -0.4 is 5.73 Å². The Morgan fingerprint density at radius 2 is 2.31 bits per heavy atom. The standard InChI is InChI=1S/C9H9BrF2N2O2/c1-16-9(15)5-3-14-7(8(11)12)6(10)4(5)2-13/h3,8H,2,13H2,1H3. The van der Waals surface area contributed by atoms with Gasteiger partial charge in [-0.2, -0.15) is 0 Å². The lowest BCUT2D eigenvalue weighted by Gasteiger charge is -2.11. The first-order chi connectivity index (χ1) is 7.52. The number of ether oxygens (including phenoxy) is 1. The molecule has 1 heterocycles. The van der Waals surface area contributed by atoms with Gasteiger partial charge in [0.05, 0.1) is 17.1 Å². The zero-order valence-corrected chi connectivity index (χ0v) is 9.92. The molecule has 0 unspecified atom stereocenters. The second-order valence-corrected chi connectivity index (χ2v) is 3.64. The highest BCUT2D eigenvalue weighted by Gasteiger charge is 2.21. The Morgan fingerprint density at radius 1 is 1.69 bits per heavy atom. The van der Waals surface area contributed by atoms with Crippen molar-refractivity contribution in [3.05, 3.63) is 27.5 Å². The van der Waals surface area contributed by atoms with Gasteiger partial charge in [-0.1, -0.05) is 0 Å². The van der Waals surface area contributed by atoms with Crippen LogP contribution in [0.4, 0.5) is 8.78 Å². The zero-order valence-electron chi connectivity index (χ0n) is 8.34. The first kappa shape index (κ1) is 13.0. The average molecular weight is 295 g/mol. The van der Waals surface area contributed by atoms with Crippen molar-refractivity contribution in [2.75, 3.05) is 7.11 Å². The molecule has 7 heteroatoms. The van der Waals surface area contributed by atoms with Crippen molar-refractivity contribution < 1.29 is 18.3 Å². The number of hydrogen-bond donors (Lipinski definition) is 1. The fraction of sp³-hybridized carbons (Fsp3) is 0.333. The molecular formula is C9H9BrF2N2O2. The third-order valence-corrected chi connectivity index (χ3v) is 2.85. The molecule has 0 aliphatic rings. The fourth-order valence-corrected chi connectivity index (χ4v) is 1.83.